The van der Waals surface area contributed by atoms with E-state index >= 15 is 0 Å². The van der Waals surface area contributed by atoms with Crippen LogP contribution in [-0.4, -0.2) is 204 Å². The lowest BCUT2D eigenvalue weighted by Gasteiger charge is -2.17. The second-order valence-electron chi connectivity index (χ2n) is 31.1. The van der Waals surface area contributed by atoms with Crippen molar-refractivity contribution >= 4 is 251 Å². The summed E-state index contributed by atoms with van der Waals surface area (Å²) in [6.07, 6.45) is 0.856. The molecule has 0 radical (unpaired) electrons. The number of nitrogens with two attached hydrogens (primary N) is 4. The van der Waals surface area contributed by atoms with E-state index < -0.39 is 0 Å². The zero-order valence-electron chi connectivity index (χ0n) is 80.0. The predicted molar refractivity (Wildman–Crippen MR) is 585 cm³/mol. The molecule has 54 heteroatoms. The number of anilines is 25. The van der Waals surface area contributed by atoms with E-state index in [0.717, 1.165) is 69.3 Å². The first-order valence-electron chi connectivity index (χ1n) is 43.4. The minimum atomic E-state index is 0.273. The standard InChI is InChI=1S/3C11H14ClN5.4C10H12ClN5.C9H10ClN5.C8H8ClN5/c1-16(2)11-15-14-10(17(11)3)13-9-6-4-8(12)5-7-9;1-7(2)13-10-15-11(17-16-10)14-9-5-3-8(12)4-6-9;1-7(2)13-10-15-11(17-16-10)14-9-5-3-4-8(12)6-9;1-15(8-5-3-7(11)4-6-8)10-14-13-9(12)16(10)2;1-16(2)10-13-9(14-15-10)12-8-5-3-7(11)4-6-8;1-12-9-13-10(15-14-9)16(2)8-5-3-7(11)4-6-8;11-8-3-1-2-7(6-8)4-5-13-10-14-9(12)15-16-10;10-7-3-1-2-6(4-7)5-12-9-13-8(11)14-15-9;9-5-2-1-3-6(4-5)11-8-12-7(10)13-14-8/h4-7H,1-3H3,(H,13,14);2*3-7H,1-2H3,(H3,13,14,15,16,17);3-6H,1-2H3,(H2,12,13);2*3-6H,1-2H3,(H2,12,13,14,15);1-3,6H,4-5H2,(H4,12,13,14,15,16);1-4H,5H2,(H4,11,12,13,14,15);1-4H,(H4,10,11,12,13,14). The number of benzene rings is 9. The quantitative estimate of drug-likeness (QED) is 0.0216. The van der Waals surface area contributed by atoms with Gasteiger partial charge in [0, 0.05) is 174 Å². The summed E-state index contributed by atoms with van der Waals surface area (Å²) in [6, 6.07) is 67.8. The molecule has 0 aliphatic heterocycles. The number of nitrogen functional groups attached to an aromatic ring is 4. The molecule has 9 aromatic carbocycles. The Hall–Kier alpha value is -15.8. The first-order valence-corrected chi connectivity index (χ1v) is 46.8. The highest BCUT2D eigenvalue weighted by molar-refractivity contribution is 6.33. The summed E-state index contributed by atoms with van der Waals surface area (Å²) >= 11 is 52.5. The monoisotopic (exact) mass is 2130 g/mol. The molecule has 0 bridgehead atoms. The van der Waals surface area contributed by atoms with Gasteiger partial charge in [0.15, 0.2) is 0 Å². The first kappa shape index (κ1) is 110. The number of hydrogen-bond acceptors (Lipinski definition) is 36. The third-order valence-corrected chi connectivity index (χ3v) is 20.7. The maximum absolute atomic E-state index is 5.89. The third kappa shape index (κ3) is 38.0. The lowest BCUT2D eigenvalue weighted by Crippen LogP contribution is -2.14. The molecule has 18 aromatic rings. The van der Waals surface area contributed by atoms with Gasteiger partial charge in [-0.15, -0.1) is 56.1 Å². The van der Waals surface area contributed by atoms with Crippen molar-refractivity contribution in [1.82, 2.24) is 136 Å². The Morgan fingerprint density at radius 3 is 1.12 bits per heavy atom. The number of aromatic amines is 7. The summed E-state index contributed by atoms with van der Waals surface area (Å²) in [5.41, 5.74) is 30.4. The number of H-pyrrole nitrogens is 7. The summed E-state index contributed by atoms with van der Waals surface area (Å²) in [4.78, 5) is 36.2. The molecular weight excluding hydrogens is 2030 g/mol. The molecule has 0 amide bonds. The number of rotatable bonds is 28. The van der Waals surface area contributed by atoms with Crippen molar-refractivity contribution in [1.29, 1.82) is 0 Å². The van der Waals surface area contributed by atoms with E-state index in [1.807, 2.05) is 314 Å². The van der Waals surface area contributed by atoms with Gasteiger partial charge >= 0.3 is 0 Å². The van der Waals surface area contributed by atoms with Gasteiger partial charge in [-0.25, -0.2) is 35.7 Å². The molecule has 0 aliphatic rings. The zero-order chi connectivity index (χ0) is 104. The second-order valence-corrected chi connectivity index (χ2v) is 35.0. The van der Waals surface area contributed by atoms with Crippen LogP contribution in [-0.2, 0) is 27.1 Å². The van der Waals surface area contributed by atoms with Gasteiger partial charge in [0.2, 0.25) is 101 Å². The van der Waals surface area contributed by atoms with Crippen molar-refractivity contribution in [2.24, 2.45) is 14.1 Å². The SMILES string of the molecule is CC(C)Nc1n[nH]c(Nc2ccc(Cl)cc2)n1.CC(C)Nc1n[nH]c(Nc2cccc(Cl)c2)n1.CN(C)c1n[nH]c(Nc2ccc(Cl)cc2)n1.CN(C)c1nnc(Nc2ccc(Cl)cc2)n1C.CN(c1ccc(Cl)cc1)c1nnc(N)n1C.CNc1nc(N(C)c2ccc(Cl)cc2)n[nH]1.Nc1nc(NCCc2cccc(Cl)c2)n[nH]1.Nc1nc(NCc2cccc(Cl)c2)n[nH]1.Nc1nc(Nc2cccc(Cl)c2)n[nH]1. The van der Waals surface area contributed by atoms with Gasteiger partial charge in [-0.1, -0.05) is 141 Å². The molecule has 9 aromatic heterocycles. The molecule has 0 unspecified atom stereocenters. The molecule has 756 valence electrons. The highest BCUT2D eigenvalue weighted by Crippen LogP contribution is 2.29. The van der Waals surface area contributed by atoms with Crippen LogP contribution < -0.4 is 95.7 Å². The number of halogens is 9. The average molecular weight is 2140 g/mol. The van der Waals surface area contributed by atoms with Crippen LogP contribution in [0.3, 0.4) is 0 Å². The summed E-state index contributed by atoms with van der Waals surface area (Å²) in [5.74, 6) is 9.64. The van der Waals surface area contributed by atoms with Crippen LogP contribution in [0.5, 0.6) is 0 Å². The Morgan fingerprint density at radius 2 is 0.708 bits per heavy atom. The van der Waals surface area contributed by atoms with E-state index in [2.05, 4.69) is 180 Å². The normalized spacial score (nSPS) is 10.3. The van der Waals surface area contributed by atoms with Crippen molar-refractivity contribution in [3.05, 3.63) is 275 Å². The molecule has 0 aliphatic carbocycles. The van der Waals surface area contributed by atoms with Gasteiger partial charge < -0.3 is 95.7 Å². The number of nitrogens with zero attached hydrogens (tertiary/aromatic N) is 24. The minimum absolute atomic E-state index is 0.273. The van der Waals surface area contributed by atoms with Crippen LogP contribution in [0.2, 0.25) is 45.2 Å². The summed E-state index contributed by atoms with van der Waals surface area (Å²) in [7, 11) is 16.9. The molecular formula is C90H108Cl9N45. The second kappa shape index (κ2) is 56.0. The Balaban J connectivity index is 0.000000166. The molecule has 9 heterocycles. The van der Waals surface area contributed by atoms with Crippen molar-refractivity contribution in [3.8, 4) is 0 Å². The van der Waals surface area contributed by atoms with Gasteiger partial charge in [-0.2, -0.15) is 34.9 Å². The molecule has 18 rings (SSSR count). The van der Waals surface area contributed by atoms with E-state index in [4.69, 9.17) is 127 Å². The van der Waals surface area contributed by atoms with Crippen LogP contribution in [0.25, 0.3) is 0 Å². The average Bonchev–Trinajstić information content (AvgIpc) is 1.68. The van der Waals surface area contributed by atoms with Crippen LogP contribution in [0.4, 0.5) is 147 Å². The van der Waals surface area contributed by atoms with E-state index in [1.54, 1.807) is 23.7 Å². The fourth-order valence-corrected chi connectivity index (χ4v) is 13.0. The zero-order valence-corrected chi connectivity index (χ0v) is 86.8. The molecule has 0 spiro atoms. The van der Waals surface area contributed by atoms with E-state index in [-0.39, 0.29) is 5.95 Å². The predicted octanol–water partition coefficient (Wildman–Crippen LogP) is 19.8. The highest BCUT2D eigenvalue weighted by Gasteiger charge is 2.16. The minimum Gasteiger partial charge on any atom is -0.368 e. The van der Waals surface area contributed by atoms with Gasteiger partial charge in [0.1, 0.15) is 0 Å². The van der Waals surface area contributed by atoms with Crippen molar-refractivity contribution in [2.45, 2.75) is 52.7 Å². The molecule has 25 N–H and O–H groups in total. The lowest BCUT2D eigenvalue weighted by atomic mass is 10.1. The van der Waals surface area contributed by atoms with Gasteiger partial charge in [-0.3, -0.25) is 9.13 Å². The van der Waals surface area contributed by atoms with Gasteiger partial charge in [0.05, 0.1) is 0 Å². The third-order valence-electron chi connectivity index (χ3n) is 18.5. The number of aromatic nitrogens is 27. The Bertz CT molecular complexity index is 6820. The van der Waals surface area contributed by atoms with Crippen LogP contribution >= 0.6 is 104 Å². The van der Waals surface area contributed by atoms with Gasteiger partial charge in [-0.05, 0) is 227 Å². The summed E-state index contributed by atoms with van der Waals surface area (Å²) in [5, 5.41) is 99.4. The first-order chi connectivity index (χ1) is 69.0. The molecule has 0 saturated heterocycles. The summed E-state index contributed by atoms with van der Waals surface area (Å²) in [6.45, 7) is 9.46. The maximum Gasteiger partial charge on any atom is 0.250 e. The molecule has 45 nitrogen and oxygen atoms in total. The van der Waals surface area contributed by atoms with E-state index in [0.29, 0.717) is 154 Å². The Labute approximate surface area is 874 Å². The molecule has 0 fully saturated rings. The smallest absolute Gasteiger partial charge is 0.250 e. The molecule has 0 saturated carbocycles. The van der Waals surface area contributed by atoms with Crippen molar-refractivity contribution in [3.63, 3.8) is 0 Å². The molecule has 144 heavy (non-hydrogen) atoms. The van der Waals surface area contributed by atoms with E-state index in [9.17, 15) is 0 Å². The van der Waals surface area contributed by atoms with Crippen molar-refractivity contribution < 1.29 is 0 Å². The summed E-state index contributed by atoms with van der Waals surface area (Å²) < 4.78 is 3.60. The number of nitrogens with one attached hydrogen (secondary N) is 17. The number of hydrogen-bond donors (Lipinski definition) is 21. The highest BCUT2D eigenvalue weighted by atomic mass is 35.5. The Kier molecular flexibility index (Phi) is 42.9. The van der Waals surface area contributed by atoms with Crippen molar-refractivity contribution in [2.75, 3.05) is 152 Å². The van der Waals surface area contributed by atoms with Gasteiger partial charge in [0.25, 0.3) is 5.95 Å². The fourth-order valence-electron chi connectivity index (χ4n) is 11.6. The fraction of sp³-hybridized carbons (Fsp3) is 0.200. The maximum atomic E-state index is 5.89. The lowest BCUT2D eigenvalue weighted by molar-refractivity contribution is 0.873. The largest absolute Gasteiger partial charge is 0.368 e. The van der Waals surface area contributed by atoms with E-state index in [1.165, 1.54) is 5.56 Å². The Morgan fingerprint density at radius 1 is 0.326 bits per heavy atom. The van der Waals surface area contributed by atoms with Crippen LogP contribution in [0.1, 0.15) is 38.8 Å². The topological polar surface area (TPSA) is 590 Å². The van der Waals surface area contributed by atoms with Crippen LogP contribution in [0, 0.1) is 0 Å². The van der Waals surface area contributed by atoms with Crippen LogP contribution in [0.15, 0.2) is 218 Å². The molecule has 0 atom stereocenters.